The van der Waals surface area contributed by atoms with E-state index in [4.69, 9.17) is 16.3 Å². The van der Waals surface area contributed by atoms with Gasteiger partial charge in [0.2, 0.25) is 10.0 Å². The second kappa shape index (κ2) is 7.13. The normalized spacial score (nSPS) is 12.9. The average molecular weight is 340 g/mol. The molecule has 0 radical (unpaired) electrons. The van der Waals surface area contributed by atoms with Crippen molar-refractivity contribution in [3.63, 3.8) is 0 Å². The van der Waals surface area contributed by atoms with Crippen LogP contribution in [-0.2, 0) is 10.0 Å². The number of rotatable bonds is 6. The van der Waals surface area contributed by atoms with Crippen LogP contribution in [0.2, 0.25) is 5.02 Å². The smallest absolute Gasteiger partial charge is 0.244 e. The number of nitrogens with one attached hydrogen (secondary N) is 1. The molecule has 0 amide bonds. The molecule has 0 heterocycles. The summed E-state index contributed by atoms with van der Waals surface area (Å²) in [5.41, 5.74) is 0.881. The summed E-state index contributed by atoms with van der Waals surface area (Å²) in [6.07, 6.45) is 0. The molecule has 22 heavy (non-hydrogen) atoms. The SMILES string of the molecule is CCOc1ccc(Cl)cc1S(=O)(=O)NC(C)c1ccccc1. The molecule has 0 spiro atoms. The largest absolute Gasteiger partial charge is 0.492 e. The quantitative estimate of drug-likeness (QED) is 0.871. The van der Waals surface area contributed by atoms with Crippen LogP contribution in [0.25, 0.3) is 0 Å². The van der Waals surface area contributed by atoms with Gasteiger partial charge in [0.15, 0.2) is 0 Å². The van der Waals surface area contributed by atoms with Crippen molar-refractivity contribution in [3.05, 3.63) is 59.1 Å². The fourth-order valence-electron chi connectivity index (χ4n) is 2.07. The maximum atomic E-state index is 12.6. The molecule has 0 aliphatic rings. The van der Waals surface area contributed by atoms with Gasteiger partial charge in [-0.3, -0.25) is 0 Å². The fourth-order valence-corrected chi connectivity index (χ4v) is 3.71. The lowest BCUT2D eigenvalue weighted by molar-refractivity contribution is 0.331. The Morgan fingerprint density at radius 3 is 2.50 bits per heavy atom. The molecule has 2 rings (SSSR count). The number of ether oxygens (including phenoxy) is 1. The maximum absolute atomic E-state index is 12.6. The van der Waals surface area contributed by atoms with E-state index in [2.05, 4.69) is 4.72 Å². The van der Waals surface area contributed by atoms with Crippen LogP contribution in [0.4, 0.5) is 0 Å². The van der Waals surface area contributed by atoms with Crippen molar-refractivity contribution >= 4 is 21.6 Å². The summed E-state index contributed by atoms with van der Waals surface area (Å²) in [4.78, 5) is 0.0460. The van der Waals surface area contributed by atoms with Crippen molar-refractivity contribution in [2.75, 3.05) is 6.61 Å². The molecule has 2 aromatic rings. The van der Waals surface area contributed by atoms with Gasteiger partial charge in [-0.1, -0.05) is 41.9 Å². The summed E-state index contributed by atoms with van der Waals surface area (Å²) in [5, 5.41) is 0.344. The second-order valence-corrected chi connectivity index (χ2v) is 6.90. The fraction of sp³-hybridized carbons (Fsp3) is 0.250. The van der Waals surface area contributed by atoms with Gasteiger partial charge in [0.1, 0.15) is 10.6 Å². The Balaban J connectivity index is 2.32. The van der Waals surface area contributed by atoms with Gasteiger partial charge >= 0.3 is 0 Å². The maximum Gasteiger partial charge on any atom is 0.244 e. The van der Waals surface area contributed by atoms with E-state index in [1.54, 1.807) is 26.0 Å². The summed E-state index contributed by atoms with van der Waals surface area (Å²) >= 11 is 5.93. The van der Waals surface area contributed by atoms with Crippen molar-refractivity contribution in [1.82, 2.24) is 4.72 Å². The Labute approximate surface area is 136 Å². The van der Waals surface area contributed by atoms with Gasteiger partial charge in [0, 0.05) is 11.1 Å². The molecule has 0 fully saturated rings. The van der Waals surface area contributed by atoms with Crippen LogP contribution >= 0.6 is 11.6 Å². The monoisotopic (exact) mass is 339 g/mol. The lowest BCUT2D eigenvalue weighted by Crippen LogP contribution is -2.27. The molecule has 1 N–H and O–H groups in total. The van der Waals surface area contributed by atoms with Crippen molar-refractivity contribution in [3.8, 4) is 5.75 Å². The molecule has 0 aliphatic carbocycles. The second-order valence-electron chi connectivity index (χ2n) is 4.78. The minimum Gasteiger partial charge on any atom is -0.492 e. The highest BCUT2D eigenvalue weighted by Crippen LogP contribution is 2.28. The molecule has 0 saturated heterocycles. The molecule has 1 atom stereocenters. The number of hydrogen-bond donors (Lipinski definition) is 1. The molecule has 6 heteroatoms. The van der Waals surface area contributed by atoms with E-state index in [-0.39, 0.29) is 10.9 Å². The molecule has 0 aromatic heterocycles. The van der Waals surface area contributed by atoms with Gasteiger partial charge in [-0.2, -0.15) is 0 Å². The summed E-state index contributed by atoms with van der Waals surface area (Å²) in [6.45, 7) is 3.96. The van der Waals surface area contributed by atoms with E-state index in [1.165, 1.54) is 6.07 Å². The lowest BCUT2D eigenvalue weighted by Gasteiger charge is -2.17. The number of benzene rings is 2. The third kappa shape index (κ3) is 4.00. The van der Waals surface area contributed by atoms with E-state index >= 15 is 0 Å². The highest BCUT2D eigenvalue weighted by atomic mass is 35.5. The van der Waals surface area contributed by atoms with Gasteiger partial charge in [-0.05, 0) is 37.6 Å². The Kier molecular flexibility index (Phi) is 5.45. The summed E-state index contributed by atoms with van der Waals surface area (Å²) in [7, 11) is -3.74. The first-order valence-corrected chi connectivity index (χ1v) is 8.80. The van der Waals surface area contributed by atoms with Crippen LogP contribution in [0, 0.1) is 0 Å². The molecule has 0 aliphatic heterocycles. The first-order valence-electron chi connectivity index (χ1n) is 6.93. The molecular weight excluding hydrogens is 322 g/mol. The molecule has 4 nitrogen and oxygen atoms in total. The van der Waals surface area contributed by atoms with Gasteiger partial charge < -0.3 is 4.74 Å². The van der Waals surface area contributed by atoms with E-state index in [0.29, 0.717) is 17.4 Å². The van der Waals surface area contributed by atoms with E-state index in [9.17, 15) is 8.42 Å². The molecular formula is C16H18ClNO3S. The van der Waals surface area contributed by atoms with Gasteiger partial charge in [-0.25, -0.2) is 13.1 Å². The van der Waals surface area contributed by atoms with Crippen LogP contribution in [0.3, 0.4) is 0 Å². The van der Waals surface area contributed by atoms with Gasteiger partial charge in [-0.15, -0.1) is 0 Å². The Hall–Kier alpha value is -1.56. The summed E-state index contributed by atoms with van der Waals surface area (Å²) in [6, 6.07) is 13.6. The molecule has 0 saturated carbocycles. The summed E-state index contributed by atoms with van der Waals surface area (Å²) in [5.74, 6) is 0.291. The number of sulfonamides is 1. The first-order chi connectivity index (χ1) is 10.4. The highest BCUT2D eigenvalue weighted by Gasteiger charge is 2.23. The van der Waals surface area contributed by atoms with E-state index < -0.39 is 10.0 Å². The molecule has 1 unspecified atom stereocenters. The van der Waals surface area contributed by atoms with Gasteiger partial charge in [0.25, 0.3) is 0 Å². The van der Waals surface area contributed by atoms with Crippen LogP contribution < -0.4 is 9.46 Å². The van der Waals surface area contributed by atoms with E-state index in [0.717, 1.165) is 5.56 Å². The minimum absolute atomic E-state index is 0.0460. The van der Waals surface area contributed by atoms with E-state index in [1.807, 2.05) is 30.3 Å². The van der Waals surface area contributed by atoms with Gasteiger partial charge in [0.05, 0.1) is 6.61 Å². The van der Waals surface area contributed by atoms with Crippen LogP contribution in [0.1, 0.15) is 25.5 Å². The van der Waals surface area contributed by atoms with Crippen molar-refractivity contribution < 1.29 is 13.2 Å². The highest BCUT2D eigenvalue weighted by molar-refractivity contribution is 7.89. The zero-order valence-corrected chi connectivity index (χ0v) is 14.0. The Bertz CT molecular complexity index is 732. The summed E-state index contributed by atoms with van der Waals surface area (Å²) < 4.78 is 33.3. The lowest BCUT2D eigenvalue weighted by atomic mass is 10.1. The zero-order valence-electron chi connectivity index (χ0n) is 12.4. The van der Waals surface area contributed by atoms with Crippen LogP contribution in [-0.4, -0.2) is 15.0 Å². The standard InChI is InChI=1S/C16H18ClNO3S/c1-3-21-15-10-9-14(17)11-16(15)22(19,20)18-12(2)13-7-5-4-6-8-13/h4-12,18H,3H2,1-2H3. The average Bonchev–Trinajstić information content (AvgIpc) is 2.49. The molecule has 2 aromatic carbocycles. The predicted molar refractivity (Wildman–Crippen MR) is 87.8 cm³/mol. The number of hydrogen-bond acceptors (Lipinski definition) is 3. The van der Waals surface area contributed by atoms with Crippen LogP contribution in [0.15, 0.2) is 53.4 Å². The first kappa shape index (κ1) is 16.8. The minimum atomic E-state index is -3.74. The number of halogens is 1. The predicted octanol–water partition coefficient (Wildman–Crippen LogP) is 3.78. The van der Waals surface area contributed by atoms with Crippen molar-refractivity contribution in [1.29, 1.82) is 0 Å². The third-order valence-corrected chi connectivity index (χ3v) is 4.92. The van der Waals surface area contributed by atoms with Crippen LogP contribution in [0.5, 0.6) is 5.75 Å². The van der Waals surface area contributed by atoms with Crippen molar-refractivity contribution in [2.45, 2.75) is 24.8 Å². The molecule has 0 bridgehead atoms. The zero-order chi connectivity index (χ0) is 16.2. The van der Waals surface area contributed by atoms with Crippen molar-refractivity contribution in [2.24, 2.45) is 0 Å². The Morgan fingerprint density at radius 2 is 1.86 bits per heavy atom. The third-order valence-electron chi connectivity index (χ3n) is 3.13. The molecule has 118 valence electrons. The topological polar surface area (TPSA) is 55.4 Å². The Morgan fingerprint density at radius 1 is 1.18 bits per heavy atom.